The Kier molecular flexibility index (Phi) is 4.39. The van der Waals surface area contributed by atoms with Crippen molar-refractivity contribution in [2.75, 3.05) is 13.2 Å². The number of hydrogen-bond acceptors (Lipinski definition) is 4. The summed E-state index contributed by atoms with van der Waals surface area (Å²) in [5.74, 6) is 0.147. The summed E-state index contributed by atoms with van der Waals surface area (Å²) in [6.07, 6.45) is -0.979. The Morgan fingerprint density at radius 1 is 1.43 bits per heavy atom. The summed E-state index contributed by atoms with van der Waals surface area (Å²) in [5.41, 5.74) is -0.940. The van der Waals surface area contributed by atoms with Gasteiger partial charge in [0.05, 0.1) is 6.54 Å². The zero-order chi connectivity index (χ0) is 15.6. The lowest BCUT2D eigenvalue weighted by Gasteiger charge is -2.19. The van der Waals surface area contributed by atoms with Crippen LogP contribution in [0.4, 0.5) is 4.79 Å². The molecule has 2 N–H and O–H groups in total. The molecule has 6 nitrogen and oxygen atoms in total. The van der Waals surface area contributed by atoms with Crippen LogP contribution in [0, 0.1) is 0 Å². The van der Waals surface area contributed by atoms with Gasteiger partial charge in [-0.1, -0.05) is 17.7 Å². The molecule has 1 atom stereocenters. The molecular formula is C14H17ClN2O4. The van der Waals surface area contributed by atoms with Crippen LogP contribution in [0.25, 0.3) is 0 Å². The summed E-state index contributed by atoms with van der Waals surface area (Å²) in [6.45, 7) is 3.07. The molecular weight excluding hydrogens is 296 g/mol. The molecule has 3 amide bonds. The summed E-state index contributed by atoms with van der Waals surface area (Å²) in [6, 6.07) is 6.25. The van der Waals surface area contributed by atoms with E-state index in [-0.39, 0.29) is 19.1 Å². The van der Waals surface area contributed by atoms with E-state index < -0.39 is 17.7 Å². The summed E-state index contributed by atoms with van der Waals surface area (Å²) >= 11 is 5.82. The predicted molar refractivity (Wildman–Crippen MR) is 77.3 cm³/mol. The summed E-state index contributed by atoms with van der Waals surface area (Å²) in [5, 5.41) is 13.0. The smallest absolute Gasteiger partial charge is 0.325 e. The van der Waals surface area contributed by atoms with E-state index in [0.717, 1.165) is 4.90 Å². The summed E-state index contributed by atoms with van der Waals surface area (Å²) < 4.78 is 5.38. The Morgan fingerprint density at radius 3 is 2.71 bits per heavy atom. The third-order valence-corrected chi connectivity index (χ3v) is 3.31. The molecule has 0 saturated carbocycles. The molecule has 7 heteroatoms. The van der Waals surface area contributed by atoms with E-state index in [1.807, 2.05) is 0 Å². The Labute approximate surface area is 127 Å². The van der Waals surface area contributed by atoms with Gasteiger partial charge in [-0.3, -0.25) is 9.69 Å². The normalized spacial score (nSPS) is 18.6. The highest BCUT2D eigenvalue weighted by molar-refractivity contribution is 6.30. The van der Waals surface area contributed by atoms with Crippen LogP contribution in [0.1, 0.15) is 13.8 Å². The van der Waals surface area contributed by atoms with Crippen LogP contribution in [0.5, 0.6) is 5.75 Å². The van der Waals surface area contributed by atoms with Crippen LogP contribution in [-0.4, -0.2) is 46.7 Å². The van der Waals surface area contributed by atoms with Crippen LogP contribution in [0.3, 0.4) is 0 Å². The zero-order valence-corrected chi connectivity index (χ0v) is 12.6. The van der Waals surface area contributed by atoms with E-state index in [1.54, 1.807) is 38.1 Å². The first-order valence-electron chi connectivity index (χ1n) is 6.50. The lowest BCUT2D eigenvalue weighted by Crippen LogP contribution is -2.42. The molecule has 0 aliphatic carbocycles. The van der Waals surface area contributed by atoms with Gasteiger partial charge in [-0.15, -0.1) is 0 Å². The average Bonchev–Trinajstić information content (AvgIpc) is 2.59. The minimum atomic E-state index is -0.979. The number of nitrogens with zero attached hydrogens (tertiary/aromatic N) is 1. The second kappa shape index (κ2) is 5.91. The zero-order valence-electron chi connectivity index (χ0n) is 11.8. The number of amides is 3. The van der Waals surface area contributed by atoms with Crippen molar-refractivity contribution >= 4 is 23.5 Å². The van der Waals surface area contributed by atoms with Gasteiger partial charge in [0.1, 0.15) is 24.0 Å². The molecule has 0 aromatic heterocycles. The second-order valence-electron chi connectivity index (χ2n) is 5.39. The van der Waals surface area contributed by atoms with Crippen molar-refractivity contribution in [2.45, 2.75) is 25.5 Å². The SMILES string of the molecule is CC1(C)NC(=O)N(CC(O)COc2cccc(Cl)c2)C1=O. The number of imide groups is 1. The Balaban J connectivity index is 1.89. The number of ether oxygens (including phenoxy) is 1. The van der Waals surface area contributed by atoms with Gasteiger partial charge in [0.2, 0.25) is 0 Å². The first kappa shape index (κ1) is 15.6. The lowest BCUT2D eigenvalue weighted by atomic mass is 10.1. The van der Waals surface area contributed by atoms with Crippen molar-refractivity contribution in [3.05, 3.63) is 29.3 Å². The first-order chi connectivity index (χ1) is 9.79. The van der Waals surface area contributed by atoms with Crippen LogP contribution in [0.15, 0.2) is 24.3 Å². The number of nitrogens with one attached hydrogen (secondary N) is 1. The fraction of sp³-hybridized carbons (Fsp3) is 0.429. The van der Waals surface area contributed by atoms with Crippen molar-refractivity contribution < 1.29 is 19.4 Å². The highest BCUT2D eigenvalue weighted by Crippen LogP contribution is 2.19. The molecule has 1 heterocycles. The van der Waals surface area contributed by atoms with E-state index in [4.69, 9.17) is 16.3 Å². The number of rotatable bonds is 5. The molecule has 21 heavy (non-hydrogen) atoms. The average molecular weight is 313 g/mol. The third kappa shape index (κ3) is 3.65. The molecule has 1 fully saturated rings. The Hall–Kier alpha value is -1.79. The van der Waals surface area contributed by atoms with Gasteiger partial charge < -0.3 is 15.2 Å². The van der Waals surface area contributed by atoms with Gasteiger partial charge in [-0.2, -0.15) is 0 Å². The van der Waals surface area contributed by atoms with Gasteiger partial charge in [-0.05, 0) is 32.0 Å². The molecule has 1 aromatic carbocycles. The molecule has 114 valence electrons. The van der Waals surface area contributed by atoms with Crippen molar-refractivity contribution in [3.63, 3.8) is 0 Å². The standard InChI is InChI=1S/C14H17ClN2O4/c1-14(2)12(19)17(13(20)16-14)7-10(18)8-21-11-5-3-4-9(15)6-11/h3-6,10,18H,7-8H2,1-2H3,(H,16,20). The molecule has 0 radical (unpaired) electrons. The Bertz CT molecular complexity index is 562. The van der Waals surface area contributed by atoms with Crippen molar-refractivity contribution in [2.24, 2.45) is 0 Å². The minimum absolute atomic E-state index is 0.0438. The number of halogens is 1. The highest BCUT2D eigenvalue weighted by Gasteiger charge is 2.44. The molecule has 0 spiro atoms. The van der Waals surface area contributed by atoms with Gasteiger partial charge >= 0.3 is 6.03 Å². The minimum Gasteiger partial charge on any atom is -0.491 e. The third-order valence-electron chi connectivity index (χ3n) is 3.08. The maximum atomic E-state index is 12.0. The van der Waals surface area contributed by atoms with Crippen LogP contribution in [0.2, 0.25) is 5.02 Å². The number of aliphatic hydroxyl groups excluding tert-OH is 1. The summed E-state index contributed by atoms with van der Waals surface area (Å²) in [7, 11) is 0. The second-order valence-corrected chi connectivity index (χ2v) is 5.83. The van der Waals surface area contributed by atoms with E-state index in [1.165, 1.54) is 0 Å². The largest absolute Gasteiger partial charge is 0.491 e. The quantitative estimate of drug-likeness (QED) is 0.806. The summed E-state index contributed by atoms with van der Waals surface area (Å²) in [4.78, 5) is 24.6. The monoisotopic (exact) mass is 312 g/mol. The maximum Gasteiger partial charge on any atom is 0.325 e. The van der Waals surface area contributed by atoms with Gasteiger partial charge in [-0.25, -0.2) is 4.79 Å². The number of carbonyl (C=O) groups excluding carboxylic acids is 2. The van der Waals surface area contributed by atoms with Crippen molar-refractivity contribution in [1.29, 1.82) is 0 Å². The van der Waals surface area contributed by atoms with Gasteiger partial charge in [0, 0.05) is 5.02 Å². The van der Waals surface area contributed by atoms with Crippen LogP contribution < -0.4 is 10.1 Å². The number of urea groups is 1. The molecule has 1 aliphatic rings. The molecule has 2 rings (SSSR count). The number of hydrogen-bond donors (Lipinski definition) is 2. The first-order valence-corrected chi connectivity index (χ1v) is 6.88. The molecule has 1 aliphatic heterocycles. The fourth-order valence-corrected chi connectivity index (χ4v) is 2.18. The van der Waals surface area contributed by atoms with E-state index in [2.05, 4.69) is 5.32 Å². The predicted octanol–water partition coefficient (Wildman–Crippen LogP) is 1.41. The highest BCUT2D eigenvalue weighted by atomic mass is 35.5. The maximum absolute atomic E-state index is 12.0. The van der Waals surface area contributed by atoms with Crippen molar-refractivity contribution in [1.82, 2.24) is 10.2 Å². The van der Waals surface area contributed by atoms with Crippen LogP contribution >= 0.6 is 11.6 Å². The van der Waals surface area contributed by atoms with Gasteiger partial charge in [0.15, 0.2) is 0 Å². The molecule has 1 unspecified atom stereocenters. The van der Waals surface area contributed by atoms with Crippen LogP contribution in [-0.2, 0) is 4.79 Å². The number of carbonyl (C=O) groups is 2. The number of benzene rings is 1. The fourth-order valence-electron chi connectivity index (χ4n) is 2.00. The lowest BCUT2D eigenvalue weighted by molar-refractivity contribution is -0.131. The van der Waals surface area contributed by atoms with Gasteiger partial charge in [0.25, 0.3) is 5.91 Å². The Morgan fingerprint density at radius 2 is 2.14 bits per heavy atom. The molecule has 1 saturated heterocycles. The van der Waals surface area contributed by atoms with E-state index in [0.29, 0.717) is 10.8 Å². The number of β-amino-alcohol motifs (C(OH)–C–C–N with tert-alkyl or cyclic N) is 1. The van der Waals surface area contributed by atoms with Crippen molar-refractivity contribution in [3.8, 4) is 5.75 Å². The van der Waals surface area contributed by atoms with E-state index in [9.17, 15) is 14.7 Å². The van der Waals surface area contributed by atoms with E-state index >= 15 is 0 Å². The number of aliphatic hydroxyl groups is 1. The molecule has 1 aromatic rings. The molecule has 0 bridgehead atoms. The topological polar surface area (TPSA) is 78.9 Å².